The summed E-state index contributed by atoms with van der Waals surface area (Å²) in [7, 11) is 4.16. The van der Waals surface area contributed by atoms with Crippen LogP contribution in [0.2, 0.25) is 0 Å². The van der Waals surface area contributed by atoms with E-state index in [1.54, 1.807) is 6.07 Å². The molecule has 2 heterocycles. The lowest BCUT2D eigenvalue weighted by molar-refractivity contribution is 0.384. The molecule has 0 aliphatic carbocycles. The van der Waals surface area contributed by atoms with Crippen LogP contribution < -0.4 is 8.67 Å². The van der Waals surface area contributed by atoms with Crippen LogP contribution in [0.3, 0.4) is 0 Å². The molecule has 0 radical (unpaired) electrons. The summed E-state index contributed by atoms with van der Waals surface area (Å²) >= 11 is -2.30. The SMILES string of the molecule is C[N+]1(C)CCc2c[nH]c3ccc(OS(=O)O)c1c23. The van der Waals surface area contributed by atoms with Crippen LogP contribution in [-0.4, -0.2) is 34.4 Å². The van der Waals surface area contributed by atoms with E-state index >= 15 is 0 Å². The van der Waals surface area contributed by atoms with Gasteiger partial charge in [0.05, 0.1) is 31.5 Å². The van der Waals surface area contributed by atoms with Crippen LogP contribution in [0, 0.1) is 0 Å². The van der Waals surface area contributed by atoms with Crippen LogP contribution in [0.1, 0.15) is 5.56 Å². The van der Waals surface area contributed by atoms with Crippen LogP contribution in [0.25, 0.3) is 10.9 Å². The smallest absolute Gasteiger partial charge is 0.357 e. The highest BCUT2D eigenvalue weighted by Gasteiger charge is 2.33. The standard InChI is InChI=1S/C12H14N2O3S/c1-14(2)6-5-8-7-13-9-3-4-10(17-18(15)16)12(14)11(8)9/h3-4,7,13H,5-6H2,1-2H3/p+1. The molecule has 0 amide bonds. The van der Waals surface area contributed by atoms with E-state index in [1.807, 2.05) is 12.3 Å². The van der Waals surface area contributed by atoms with E-state index < -0.39 is 11.4 Å². The van der Waals surface area contributed by atoms with Crippen molar-refractivity contribution < 1.29 is 12.9 Å². The summed E-state index contributed by atoms with van der Waals surface area (Å²) in [6.07, 6.45) is 3.00. The Labute approximate surface area is 107 Å². The third kappa shape index (κ3) is 1.65. The Morgan fingerprint density at radius 3 is 2.94 bits per heavy atom. The van der Waals surface area contributed by atoms with Gasteiger partial charge in [0.1, 0.15) is 0 Å². The van der Waals surface area contributed by atoms with Gasteiger partial charge in [0, 0.05) is 12.6 Å². The van der Waals surface area contributed by atoms with E-state index in [1.165, 1.54) is 5.56 Å². The molecule has 0 fully saturated rings. The highest BCUT2D eigenvalue weighted by molar-refractivity contribution is 7.74. The molecule has 2 aromatic rings. The van der Waals surface area contributed by atoms with Crippen molar-refractivity contribution in [3.63, 3.8) is 0 Å². The number of aromatic amines is 1. The minimum Gasteiger partial charge on any atom is -0.374 e. The summed E-state index contributed by atoms with van der Waals surface area (Å²) in [6, 6.07) is 3.63. The second-order valence-electron chi connectivity index (χ2n) is 5.11. The lowest BCUT2D eigenvalue weighted by Crippen LogP contribution is -2.44. The zero-order valence-electron chi connectivity index (χ0n) is 10.3. The first-order valence-electron chi connectivity index (χ1n) is 5.75. The van der Waals surface area contributed by atoms with Gasteiger partial charge in [-0.1, -0.05) is 0 Å². The van der Waals surface area contributed by atoms with Gasteiger partial charge < -0.3 is 9.17 Å². The first kappa shape index (κ1) is 11.7. The lowest BCUT2D eigenvalue weighted by atomic mass is 10.0. The fraction of sp³-hybridized carbons (Fsp3) is 0.333. The Morgan fingerprint density at radius 2 is 2.22 bits per heavy atom. The second kappa shape index (κ2) is 3.81. The summed E-state index contributed by atoms with van der Waals surface area (Å²) in [4.78, 5) is 3.23. The Bertz CT molecular complexity index is 648. The molecule has 1 aliphatic rings. The van der Waals surface area contributed by atoms with Crippen LogP contribution >= 0.6 is 0 Å². The third-order valence-electron chi connectivity index (χ3n) is 3.57. The highest BCUT2D eigenvalue weighted by atomic mass is 32.2. The van der Waals surface area contributed by atoms with E-state index in [-0.39, 0.29) is 0 Å². The molecule has 1 aromatic carbocycles. The Balaban J connectivity index is 2.33. The fourth-order valence-corrected chi connectivity index (χ4v) is 3.00. The second-order valence-corrected chi connectivity index (χ2v) is 5.71. The number of hydrogen-bond donors (Lipinski definition) is 2. The minimum absolute atomic E-state index is 0.480. The largest absolute Gasteiger partial charge is 0.374 e. The van der Waals surface area contributed by atoms with E-state index in [0.717, 1.165) is 29.6 Å². The van der Waals surface area contributed by atoms with E-state index in [9.17, 15) is 4.21 Å². The molecule has 1 aromatic heterocycles. The number of H-pyrrole nitrogens is 1. The molecule has 0 saturated heterocycles. The van der Waals surface area contributed by atoms with Crippen molar-refractivity contribution in [2.75, 3.05) is 20.6 Å². The van der Waals surface area contributed by atoms with Gasteiger partial charge in [0.15, 0.2) is 5.69 Å². The number of aromatic nitrogens is 1. The summed E-state index contributed by atoms with van der Waals surface area (Å²) in [5.41, 5.74) is 3.26. The molecule has 18 heavy (non-hydrogen) atoms. The van der Waals surface area contributed by atoms with Crippen molar-refractivity contribution in [3.05, 3.63) is 23.9 Å². The van der Waals surface area contributed by atoms with Crippen molar-refractivity contribution in [3.8, 4) is 5.75 Å². The van der Waals surface area contributed by atoms with Gasteiger partial charge in [-0.25, -0.2) is 0 Å². The van der Waals surface area contributed by atoms with Gasteiger partial charge >= 0.3 is 11.4 Å². The number of nitrogens with zero attached hydrogens (tertiary/aromatic N) is 1. The van der Waals surface area contributed by atoms with Crippen molar-refractivity contribution in [1.82, 2.24) is 9.47 Å². The van der Waals surface area contributed by atoms with Gasteiger partial charge in [-0.05, 0) is 17.7 Å². The lowest BCUT2D eigenvalue weighted by Gasteiger charge is -2.34. The molecule has 2 N–H and O–H groups in total. The predicted molar refractivity (Wildman–Crippen MR) is 71.9 cm³/mol. The van der Waals surface area contributed by atoms with Gasteiger partial charge in [0.2, 0.25) is 5.75 Å². The maximum absolute atomic E-state index is 10.9. The monoisotopic (exact) mass is 267 g/mol. The molecular weight excluding hydrogens is 252 g/mol. The fourth-order valence-electron chi connectivity index (χ4n) is 2.71. The van der Waals surface area contributed by atoms with Crippen LogP contribution in [0.15, 0.2) is 18.3 Å². The molecule has 3 rings (SSSR count). The van der Waals surface area contributed by atoms with Gasteiger partial charge in [0.25, 0.3) is 0 Å². The van der Waals surface area contributed by atoms with Crippen LogP contribution in [0.4, 0.5) is 5.69 Å². The van der Waals surface area contributed by atoms with Gasteiger partial charge in [-0.15, -0.1) is 0 Å². The molecule has 0 spiro atoms. The molecule has 1 atom stereocenters. The average Bonchev–Trinajstić information content (AvgIpc) is 2.68. The van der Waals surface area contributed by atoms with Gasteiger partial charge in [-0.2, -0.15) is 4.21 Å². The van der Waals surface area contributed by atoms with Crippen molar-refractivity contribution in [2.24, 2.45) is 0 Å². The molecule has 0 saturated carbocycles. The van der Waals surface area contributed by atoms with Crippen molar-refractivity contribution in [2.45, 2.75) is 6.42 Å². The maximum atomic E-state index is 10.9. The zero-order chi connectivity index (χ0) is 12.9. The Morgan fingerprint density at radius 1 is 1.44 bits per heavy atom. The first-order valence-corrected chi connectivity index (χ1v) is 6.78. The van der Waals surface area contributed by atoms with Crippen molar-refractivity contribution >= 4 is 28.0 Å². The normalized spacial score (nSPS) is 18.8. The maximum Gasteiger partial charge on any atom is 0.357 e. The zero-order valence-corrected chi connectivity index (χ0v) is 11.1. The number of rotatable bonds is 2. The number of nitrogens with one attached hydrogen (secondary N) is 1. The Kier molecular flexibility index (Phi) is 2.48. The molecule has 6 heteroatoms. The number of benzene rings is 1. The topological polar surface area (TPSA) is 62.3 Å². The average molecular weight is 267 g/mol. The highest BCUT2D eigenvalue weighted by Crippen LogP contribution is 2.43. The number of hydrogen-bond acceptors (Lipinski definition) is 2. The summed E-state index contributed by atoms with van der Waals surface area (Å²) in [5, 5.41) is 1.12. The molecule has 1 aliphatic heterocycles. The van der Waals surface area contributed by atoms with Crippen molar-refractivity contribution in [1.29, 1.82) is 0 Å². The molecule has 0 bridgehead atoms. The minimum atomic E-state index is -2.30. The summed E-state index contributed by atoms with van der Waals surface area (Å²) in [5.74, 6) is 0.480. The van der Waals surface area contributed by atoms with E-state index in [0.29, 0.717) is 10.2 Å². The van der Waals surface area contributed by atoms with Crippen LogP contribution in [-0.2, 0) is 17.8 Å². The van der Waals surface area contributed by atoms with Gasteiger partial charge in [-0.3, -0.25) is 9.04 Å². The molecule has 96 valence electrons. The quantitative estimate of drug-likeness (QED) is 0.644. The number of likely N-dealkylation sites (N-methyl/N-ethyl adjacent to an activating group) is 1. The first-order chi connectivity index (χ1) is 8.49. The third-order valence-corrected chi connectivity index (χ3v) is 3.89. The molecule has 5 nitrogen and oxygen atoms in total. The van der Waals surface area contributed by atoms with Crippen LogP contribution in [0.5, 0.6) is 5.75 Å². The predicted octanol–water partition coefficient (Wildman–Crippen LogP) is 1.81. The molecular formula is C12H15N2O3S+. The van der Waals surface area contributed by atoms with E-state index in [2.05, 4.69) is 19.1 Å². The van der Waals surface area contributed by atoms with E-state index in [4.69, 9.17) is 8.74 Å². The Hall–Kier alpha value is -1.37. The molecule has 1 unspecified atom stereocenters. The number of quaternary nitrogens is 1. The summed E-state index contributed by atoms with van der Waals surface area (Å²) in [6.45, 7) is 0.943. The summed E-state index contributed by atoms with van der Waals surface area (Å²) < 4.78 is 25.5.